The molecular formula is C13H28N2O. The highest BCUT2D eigenvalue weighted by molar-refractivity contribution is 4.76. The Kier molecular flexibility index (Phi) is 7.01. The number of likely N-dealkylation sites (N-methyl/N-ethyl adjacent to an activating group) is 1. The second-order valence-corrected chi connectivity index (χ2v) is 4.92. The molecular weight excluding hydrogens is 200 g/mol. The van der Waals surface area contributed by atoms with E-state index < -0.39 is 0 Å². The molecule has 0 amide bonds. The topological polar surface area (TPSA) is 35.5 Å². The first kappa shape index (κ1) is 13.9. The Morgan fingerprint density at radius 2 is 2.00 bits per heavy atom. The second kappa shape index (κ2) is 8.04. The minimum Gasteiger partial charge on any atom is -0.396 e. The highest BCUT2D eigenvalue weighted by Crippen LogP contribution is 2.20. The summed E-state index contributed by atoms with van der Waals surface area (Å²) in [5, 5.41) is 12.5. The van der Waals surface area contributed by atoms with Crippen LogP contribution in [0, 0.1) is 5.92 Å². The lowest BCUT2D eigenvalue weighted by Crippen LogP contribution is -2.44. The number of hydrogen-bond donors (Lipinski definition) is 2. The van der Waals surface area contributed by atoms with Crippen LogP contribution in [0.25, 0.3) is 0 Å². The molecule has 0 radical (unpaired) electrons. The number of piperidine rings is 1. The molecule has 3 heteroatoms. The van der Waals surface area contributed by atoms with Crippen molar-refractivity contribution < 1.29 is 5.11 Å². The normalized spacial score (nSPS) is 21.2. The lowest BCUT2D eigenvalue weighted by Gasteiger charge is -2.34. The van der Waals surface area contributed by atoms with Crippen molar-refractivity contribution in [3.8, 4) is 0 Å². The lowest BCUT2D eigenvalue weighted by atomic mass is 9.94. The van der Waals surface area contributed by atoms with Gasteiger partial charge in [0.25, 0.3) is 0 Å². The Bertz CT molecular complexity index is 161. The van der Waals surface area contributed by atoms with Crippen molar-refractivity contribution in [1.82, 2.24) is 10.2 Å². The smallest absolute Gasteiger partial charge is 0.0446 e. The van der Waals surface area contributed by atoms with Gasteiger partial charge in [-0.05, 0) is 44.8 Å². The van der Waals surface area contributed by atoms with E-state index in [4.69, 9.17) is 5.11 Å². The van der Waals surface area contributed by atoms with Gasteiger partial charge in [-0.25, -0.2) is 0 Å². The fourth-order valence-corrected chi connectivity index (χ4v) is 2.59. The summed E-state index contributed by atoms with van der Waals surface area (Å²) >= 11 is 0. The predicted molar refractivity (Wildman–Crippen MR) is 68.6 cm³/mol. The maximum Gasteiger partial charge on any atom is 0.0446 e. The zero-order valence-electron chi connectivity index (χ0n) is 10.9. The van der Waals surface area contributed by atoms with E-state index in [0.717, 1.165) is 25.4 Å². The summed E-state index contributed by atoms with van der Waals surface area (Å²) in [4.78, 5) is 2.55. The maximum absolute atomic E-state index is 9.01. The zero-order chi connectivity index (χ0) is 11.8. The van der Waals surface area contributed by atoms with Crippen molar-refractivity contribution in [1.29, 1.82) is 0 Å². The molecule has 1 aliphatic heterocycles. The van der Waals surface area contributed by atoms with Crippen LogP contribution in [0.5, 0.6) is 0 Å². The monoisotopic (exact) mass is 228 g/mol. The van der Waals surface area contributed by atoms with Crippen molar-refractivity contribution in [3.05, 3.63) is 0 Å². The van der Waals surface area contributed by atoms with Crippen LogP contribution in [-0.4, -0.2) is 48.8 Å². The molecule has 0 spiro atoms. The first-order chi connectivity index (χ1) is 7.80. The molecule has 16 heavy (non-hydrogen) atoms. The highest BCUT2D eigenvalue weighted by atomic mass is 16.3. The van der Waals surface area contributed by atoms with Crippen molar-refractivity contribution in [3.63, 3.8) is 0 Å². The lowest BCUT2D eigenvalue weighted by molar-refractivity contribution is 0.155. The van der Waals surface area contributed by atoms with E-state index in [1.54, 1.807) is 0 Å². The van der Waals surface area contributed by atoms with Gasteiger partial charge in [0, 0.05) is 19.2 Å². The standard InChI is InChI=1S/C13H28N2O/c1-3-12-5-8-15(9-6-12)11-13(7-10-16)14-4-2/h12-14,16H,3-11H2,1-2H3. The summed E-state index contributed by atoms with van der Waals surface area (Å²) in [6.07, 6.45) is 4.92. The summed E-state index contributed by atoms with van der Waals surface area (Å²) in [6.45, 7) is 9.31. The van der Waals surface area contributed by atoms with E-state index in [1.807, 2.05) is 0 Å². The first-order valence-electron chi connectivity index (χ1n) is 6.86. The molecule has 0 aromatic carbocycles. The predicted octanol–water partition coefficient (Wildman–Crippen LogP) is 1.47. The molecule has 1 aliphatic rings. The molecule has 1 rings (SSSR count). The summed E-state index contributed by atoms with van der Waals surface area (Å²) in [5.74, 6) is 0.951. The van der Waals surface area contributed by atoms with Crippen LogP contribution in [0.2, 0.25) is 0 Å². The van der Waals surface area contributed by atoms with Crippen LogP contribution in [0.4, 0.5) is 0 Å². The SMILES string of the molecule is CCNC(CCO)CN1CCC(CC)CC1. The second-order valence-electron chi connectivity index (χ2n) is 4.92. The van der Waals surface area contributed by atoms with Crippen molar-refractivity contribution in [2.75, 3.05) is 32.8 Å². The molecule has 2 N–H and O–H groups in total. The van der Waals surface area contributed by atoms with Crippen LogP contribution in [0.15, 0.2) is 0 Å². The van der Waals surface area contributed by atoms with E-state index in [2.05, 4.69) is 24.1 Å². The number of rotatable bonds is 7. The van der Waals surface area contributed by atoms with E-state index in [0.29, 0.717) is 12.6 Å². The number of nitrogens with zero attached hydrogens (tertiary/aromatic N) is 1. The number of aliphatic hydroxyl groups excluding tert-OH is 1. The molecule has 1 unspecified atom stereocenters. The third kappa shape index (κ3) is 4.81. The Labute approximate surface area is 100 Å². The van der Waals surface area contributed by atoms with Crippen molar-refractivity contribution >= 4 is 0 Å². The Morgan fingerprint density at radius 1 is 1.31 bits per heavy atom. The molecule has 3 nitrogen and oxygen atoms in total. The molecule has 1 saturated heterocycles. The molecule has 1 atom stereocenters. The number of hydrogen-bond acceptors (Lipinski definition) is 3. The van der Waals surface area contributed by atoms with E-state index in [-0.39, 0.29) is 0 Å². The van der Waals surface area contributed by atoms with Gasteiger partial charge in [-0.15, -0.1) is 0 Å². The van der Waals surface area contributed by atoms with Gasteiger partial charge in [0.2, 0.25) is 0 Å². The number of aliphatic hydroxyl groups is 1. The summed E-state index contributed by atoms with van der Waals surface area (Å²) < 4.78 is 0. The number of nitrogens with one attached hydrogen (secondary N) is 1. The third-order valence-electron chi connectivity index (χ3n) is 3.73. The fourth-order valence-electron chi connectivity index (χ4n) is 2.59. The van der Waals surface area contributed by atoms with Crippen molar-refractivity contribution in [2.45, 2.75) is 45.6 Å². The van der Waals surface area contributed by atoms with Gasteiger partial charge in [0.1, 0.15) is 0 Å². The molecule has 0 bridgehead atoms. The summed E-state index contributed by atoms with van der Waals surface area (Å²) in [7, 11) is 0. The maximum atomic E-state index is 9.01. The average Bonchev–Trinajstić information content (AvgIpc) is 2.31. The zero-order valence-corrected chi connectivity index (χ0v) is 10.9. The molecule has 1 fully saturated rings. The Morgan fingerprint density at radius 3 is 2.50 bits per heavy atom. The first-order valence-corrected chi connectivity index (χ1v) is 6.86. The minimum atomic E-state index is 0.295. The van der Waals surface area contributed by atoms with Gasteiger partial charge in [-0.2, -0.15) is 0 Å². The molecule has 0 aromatic heterocycles. The van der Waals surface area contributed by atoms with Crippen LogP contribution in [0.1, 0.15) is 39.5 Å². The highest BCUT2D eigenvalue weighted by Gasteiger charge is 2.19. The van der Waals surface area contributed by atoms with Crippen LogP contribution < -0.4 is 5.32 Å². The average molecular weight is 228 g/mol. The summed E-state index contributed by atoms with van der Waals surface area (Å²) in [5.41, 5.74) is 0. The molecule has 0 aromatic rings. The van der Waals surface area contributed by atoms with E-state index >= 15 is 0 Å². The van der Waals surface area contributed by atoms with Crippen molar-refractivity contribution in [2.24, 2.45) is 5.92 Å². The third-order valence-corrected chi connectivity index (χ3v) is 3.73. The Balaban J connectivity index is 2.24. The quantitative estimate of drug-likeness (QED) is 0.692. The molecule has 0 saturated carbocycles. The fraction of sp³-hybridized carbons (Fsp3) is 1.00. The minimum absolute atomic E-state index is 0.295. The van der Waals surface area contributed by atoms with Gasteiger partial charge < -0.3 is 15.3 Å². The van der Waals surface area contributed by atoms with E-state index in [1.165, 1.54) is 32.4 Å². The molecule has 0 aliphatic carbocycles. The largest absolute Gasteiger partial charge is 0.396 e. The summed E-state index contributed by atoms with van der Waals surface area (Å²) in [6, 6.07) is 0.466. The molecule has 96 valence electrons. The van der Waals surface area contributed by atoms with Gasteiger partial charge in [0.05, 0.1) is 0 Å². The number of likely N-dealkylation sites (tertiary alicyclic amines) is 1. The van der Waals surface area contributed by atoms with Crippen LogP contribution >= 0.6 is 0 Å². The van der Waals surface area contributed by atoms with Gasteiger partial charge >= 0.3 is 0 Å². The van der Waals surface area contributed by atoms with Crippen LogP contribution in [0.3, 0.4) is 0 Å². The van der Waals surface area contributed by atoms with Gasteiger partial charge in [-0.1, -0.05) is 20.3 Å². The van der Waals surface area contributed by atoms with Gasteiger partial charge in [0.15, 0.2) is 0 Å². The van der Waals surface area contributed by atoms with Crippen LogP contribution in [-0.2, 0) is 0 Å². The van der Waals surface area contributed by atoms with Gasteiger partial charge in [-0.3, -0.25) is 0 Å². The Hall–Kier alpha value is -0.120. The molecule has 1 heterocycles. The van der Waals surface area contributed by atoms with E-state index in [9.17, 15) is 0 Å².